The van der Waals surface area contributed by atoms with Crippen molar-refractivity contribution in [3.05, 3.63) is 17.8 Å². The number of rotatable bonds is 5. The number of hydrogen-bond acceptors (Lipinski definition) is 6. The molecule has 0 amide bonds. The number of esters is 1. The third-order valence-electron chi connectivity index (χ3n) is 3.02. The maximum absolute atomic E-state index is 11.8. The minimum atomic E-state index is -0.461. The standard InChI is InChI=1S/C13H16N4O2/c1-19-13(18)11-7-9(15)8-16-12(11)17(6-2-5-14)10-3-4-10/h7-8,10H,2-4,6,15H2,1H3. The summed E-state index contributed by atoms with van der Waals surface area (Å²) in [6.07, 6.45) is 4.02. The molecule has 0 aromatic carbocycles. The molecule has 0 radical (unpaired) electrons. The van der Waals surface area contributed by atoms with Gasteiger partial charge in [-0.2, -0.15) is 5.26 Å². The zero-order valence-electron chi connectivity index (χ0n) is 10.8. The van der Waals surface area contributed by atoms with Crippen molar-refractivity contribution in [2.24, 2.45) is 0 Å². The summed E-state index contributed by atoms with van der Waals surface area (Å²) in [5, 5.41) is 8.72. The van der Waals surface area contributed by atoms with E-state index in [0.29, 0.717) is 36.1 Å². The molecule has 0 aliphatic heterocycles. The van der Waals surface area contributed by atoms with E-state index < -0.39 is 5.97 Å². The van der Waals surface area contributed by atoms with E-state index in [4.69, 9.17) is 15.7 Å². The fourth-order valence-corrected chi connectivity index (χ4v) is 1.98. The fraction of sp³-hybridized carbons (Fsp3) is 0.462. The number of nitrogen functional groups attached to an aromatic ring is 1. The molecule has 1 saturated carbocycles. The molecule has 1 aromatic rings. The first-order valence-corrected chi connectivity index (χ1v) is 6.14. The van der Waals surface area contributed by atoms with Gasteiger partial charge < -0.3 is 15.4 Å². The van der Waals surface area contributed by atoms with Gasteiger partial charge in [-0.3, -0.25) is 0 Å². The summed E-state index contributed by atoms with van der Waals surface area (Å²) in [6.45, 7) is 0.558. The Balaban J connectivity index is 2.35. The van der Waals surface area contributed by atoms with Crippen molar-refractivity contribution >= 4 is 17.5 Å². The monoisotopic (exact) mass is 260 g/mol. The van der Waals surface area contributed by atoms with Crippen molar-refractivity contribution in [1.29, 1.82) is 5.26 Å². The lowest BCUT2D eigenvalue weighted by molar-refractivity contribution is 0.0601. The summed E-state index contributed by atoms with van der Waals surface area (Å²) in [5.74, 6) is 0.0937. The summed E-state index contributed by atoms with van der Waals surface area (Å²) < 4.78 is 4.76. The lowest BCUT2D eigenvalue weighted by Gasteiger charge is -2.24. The van der Waals surface area contributed by atoms with E-state index in [1.54, 1.807) is 6.07 Å². The molecule has 2 N–H and O–H groups in total. The third kappa shape index (κ3) is 2.94. The molecule has 1 aliphatic rings. The predicted octanol–water partition coefficient (Wildman–Crippen LogP) is 1.33. The van der Waals surface area contributed by atoms with Gasteiger partial charge in [0.15, 0.2) is 0 Å². The number of carbonyl (C=O) groups is 1. The van der Waals surface area contributed by atoms with Crippen LogP contribution in [0.15, 0.2) is 12.3 Å². The van der Waals surface area contributed by atoms with Crippen molar-refractivity contribution in [2.75, 3.05) is 24.3 Å². The van der Waals surface area contributed by atoms with Crippen LogP contribution in [0.25, 0.3) is 0 Å². The Bertz CT molecular complexity index is 520. The van der Waals surface area contributed by atoms with Gasteiger partial charge in [0.25, 0.3) is 0 Å². The Morgan fingerprint density at radius 2 is 2.42 bits per heavy atom. The number of nitriles is 1. The van der Waals surface area contributed by atoms with Crippen LogP contribution in [-0.2, 0) is 4.74 Å². The highest BCUT2D eigenvalue weighted by Gasteiger charge is 2.32. The SMILES string of the molecule is COC(=O)c1cc(N)cnc1N(CCC#N)C1CC1. The molecule has 0 spiro atoms. The van der Waals surface area contributed by atoms with Crippen LogP contribution in [-0.4, -0.2) is 30.6 Å². The average molecular weight is 260 g/mol. The van der Waals surface area contributed by atoms with Gasteiger partial charge in [-0.15, -0.1) is 0 Å². The quantitative estimate of drug-likeness (QED) is 0.803. The number of nitrogens with two attached hydrogens (primary N) is 1. The number of methoxy groups -OCH3 is 1. The Morgan fingerprint density at radius 1 is 1.68 bits per heavy atom. The molecular formula is C13H16N4O2. The highest BCUT2D eigenvalue weighted by molar-refractivity contribution is 5.95. The van der Waals surface area contributed by atoms with E-state index in [0.717, 1.165) is 12.8 Å². The third-order valence-corrected chi connectivity index (χ3v) is 3.02. The molecule has 0 bridgehead atoms. The summed E-state index contributed by atoms with van der Waals surface area (Å²) >= 11 is 0. The molecule has 19 heavy (non-hydrogen) atoms. The van der Waals surface area contributed by atoms with Crippen LogP contribution >= 0.6 is 0 Å². The van der Waals surface area contributed by atoms with Crippen LogP contribution < -0.4 is 10.6 Å². The van der Waals surface area contributed by atoms with Crippen LogP contribution in [0.5, 0.6) is 0 Å². The Labute approximate surface area is 111 Å². The van der Waals surface area contributed by atoms with E-state index in [2.05, 4.69) is 11.1 Å². The number of aromatic nitrogens is 1. The van der Waals surface area contributed by atoms with Crippen LogP contribution in [0.1, 0.15) is 29.6 Å². The number of anilines is 2. The Morgan fingerprint density at radius 3 is 3.00 bits per heavy atom. The smallest absolute Gasteiger partial charge is 0.341 e. The second-order valence-electron chi connectivity index (χ2n) is 4.46. The first-order valence-electron chi connectivity index (χ1n) is 6.14. The lowest BCUT2D eigenvalue weighted by Crippen LogP contribution is -2.29. The van der Waals surface area contributed by atoms with Gasteiger partial charge in [0.05, 0.1) is 31.5 Å². The van der Waals surface area contributed by atoms with E-state index in [1.807, 2.05) is 4.90 Å². The Hall–Kier alpha value is -2.29. The van der Waals surface area contributed by atoms with Gasteiger partial charge in [-0.05, 0) is 18.9 Å². The van der Waals surface area contributed by atoms with Crippen molar-refractivity contribution in [1.82, 2.24) is 4.98 Å². The molecular weight excluding hydrogens is 244 g/mol. The van der Waals surface area contributed by atoms with Crippen LogP contribution in [0.3, 0.4) is 0 Å². The number of ether oxygens (including phenoxy) is 1. The molecule has 1 fully saturated rings. The van der Waals surface area contributed by atoms with E-state index >= 15 is 0 Å². The summed E-state index contributed by atoms with van der Waals surface area (Å²) in [5.41, 5.74) is 6.44. The van der Waals surface area contributed by atoms with E-state index in [9.17, 15) is 4.79 Å². The fourth-order valence-electron chi connectivity index (χ4n) is 1.98. The maximum atomic E-state index is 11.8. The van der Waals surface area contributed by atoms with Crippen LogP contribution in [0.2, 0.25) is 0 Å². The van der Waals surface area contributed by atoms with Gasteiger partial charge in [-0.1, -0.05) is 0 Å². The zero-order chi connectivity index (χ0) is 13.8. The molecule has 6 nitrogen and oxygen atoms in total. The van der Waals surface area contributed by atoms with Gasteiger partial charge in [0, 0.05) is 12.6 Å². The van der Waals surface area contributed by atoms with Crippen molar-refractivity contribution < 1.29 is 9.53 Å². The molecule has 0 atom stereocenters. The summed E-state index contributed by atoms with van der Waals surface area (Å²) in [4.78, 5) is 18.0. The lowest BCUT2D eigenvalue weighted by atomic mass is 10.2. The average Bonchev–Trinajstić information content (AvgIpc) is 3.24. The molecule has 1 heterocycles. The molecule has 2 rings (SSSR count). The van der Waals surface area contributed by atoms with Gasteiger partial charge in [0.2, 0.25) is 0 Å². The topological polar surface area (TPSA) is 92.2 Å². The zero-order valence-corrected chi connectivity index (χ0v) is 10.8. The minimum Gasteiger partial charge on any atom is -0.465 e. The predicted molar refractivity (Wildman–Crippen MR) is 70.6 cm³/mol. The van der Waals surface area contributed by atoms with Crippen LogP contribution in [0, 0.1) is 11.3 Å². The molecule has 0 saturated heterocycles. The molecule has 0 unspecified atom stereocenters. The Kier molecular flexibility index (Phi) is 3.85. The second-order valence-corrected chi connectivity index (χ2v) is 4.46. The number of nitrogens with zero attached hydrogens (tertiary/aromatic N) is 3. The van der Waals surface area contributed by atoms with Gasteiger partial charge in [0.1, 0.15) is 11.4 Å². The van der Waals surface area contributed by atoms with Crippen molar-refractivity contribution in [2.45, 2.75) is 25.3 Å². The molecule has 100 valence electrons. The van der Waals surface area contributed by atoms with Gasteiger partial charge >= 0.3 is 5.97 Å². The summed E-state index contributed by atoms with van der Waals surface area (Å²) in [7, 11) is 1.33. The highest BCUT2D eigenvalue weighted by atomic mass is 16.5. The largest absolute Gasteiger partial charge is 0.465 e. The first-order chi connectivity index (χ1) is 9.17. The second kappa shape index (κ2) is 5.57. The maximum Gasteiger partial charge on any atom is 0.341 e. The first kappa shape index (κ1) is 13.1. The van der Waals surface area contributed by atoms with Crippen molar-refractivity contribution in [3.8, 4) is 6.07 Å². The van der Waals surface area contributed by atoms with E-state index in [-0.39, 0.29) is 0 Å². The number of pyridine rings is 1. The van der Waals surface area contributed by atoms with E-state index in [1.165, 1.54) is 13.3 Å². The van der Waals surface area contributed by atoms with Gasteiger partial charge in [-0.25, -0.2) is 9.78 Å². The number of carbonyl (C=O) groups excluding carboxylic acids is 1. The van der Waals surface area contributed by atoms with Crippen LogP contribution in [0.4, 0.5) is 11.5 Å². The highest BCUT2D eigenvalue weighted by Crippen LogP contribution is 2.33. The molecule has 1 aromatic heterocycles. The minimum absolute atomic E-state index is 0.354. The number of hydrogen-bond donors (Lipinski definition) is 1. The normalized spacial score (nSPS) is 13.7. The molecule has 1 aliphatic carbocycles. The van der Waals surface area contributed by atoms with Crippen molar-refractivity contribution in [3.63, 3.8) is 0 Å². The summed E-state index contributed by atoms with van der Waals surface area (Å²) in [6, 6.07) is 4.03. The molecule has 6 heteroatoms.